The summed E-state index contributed by atoms with van der Waals surface area (Å²) in [5.74, 6) is -1.93. The maximum absolute atomic E-state index is 13.4. The van der Waals surface area contributed by atoms with Gasteiger partial charge in [0.05, 0.1) is 19.8 Å². The fraction of sp³-hybridized carbons (Fsp3) is 0.286. The number of methoxy groups -OCH3 is 2. The summed E-state index contributed by atoms with van der Waals surface area (Å²) in [5, 5.41) is 0. The zero-order valence-corrected chi connectivity index (χ0v) is 11.4. The number of carbonyl (C=O) groups is 2. The second-order valence-electron chi connectivity index (χ2n) is 3.90. The van der Waals surface area contributed by atoms with E-state index in [9.17, 15) is 14.0 Å². The molecule has 0 aliphatic rings. The topological polar surface area (TPSA) is 61.8 Å². The molecule has 0 N–H and O–H groups in total. The van der Waals surface area contributed by atoms with Crippen molar-refractivity contribution in [3.05, 3.63) is 41.7 Å². The van der Waals surface area contributed by atoms with E-state index in [1.807, 2.05) is 0 Å². The summed E-state index contributed by atoms with van der Waals surface area (Å²) < 4.78 is 27.8. The molecule has 6 heteroatoms. The first-order valence-electron chi connectivity index (χ1n) is 5.68. The van der Waals surface area contributed by atoms with Crippen molar-refractivity contribution < 1.29 is 28.2 Å². The van der Waals surface area contributed by atoms with E-state index in [-0.39, 0.29) is 11.3 Å². The SMILES string of the molecule is C=C(C(=O)OC)C(OC(C)=O)c1ccc(F)c(OC)c1. The first-order chi connectivity index (χ1) is 9.40. The monoisotopic (exact) mass is 282 g/mol. The molecule has 0 amide bonds. The first kappa shape index (κ1) is 15.7. The normalized spacial score (nSPS) is 11.4. The Morgan fingerprint density at radius 2 is 1.95 bits per heavy atom. The number of carbonyl (C=O) groups excluding carboxylic acids is 2. The number of hydrogen-bond acceptors (Lipinski definition) is 5. The lowest BCUT2D eigenvalue weighted by Gasteiger charge is -2.19. The van der Waals surface area contributed by atoms with E-state index in [4.69, 9.17) is 9.47 Å². The summed E-state index contributed by atoms with van der Waals surface area (Å²) in [4.78, 5) is 22.7. The van der Waals surface area contributed by atoms with Crippen LogP contribution in [0.25, 0.3) is 0 Å². The Labute approximate surface area is 115 Å². The number of hydrogen-bond donors (Lipinski definition) is 0. The third-order valence-electron chi connectivity index (χ3n) is 2.53. The summed E-state index contributed by atoms with van der Waals surface area (Å²) in [6, 6.07) is 3.85. The smallest absolute Gasteiger partial charge is 0.337 e. The zero-order chi connectivity index (χ0) is 15.3. The van der Waals surface area contributed by atoms with Crippen molar-refractivity contribution in [1.29, 1.82) is 0 Å². The molecule has 0 bridgehead atoms. The van der Waals surface area contributed by atoms with Gasteiger partial charge in [-0.15, -0.1) is 0 Å². The van der Waals surface area contributed by atoms with E-state index in [0.717, 1.165) is 6.07 Å². The molecule has 0 radical (unpaired) electrons. The molecule has 0 saturated heterocycles. The van der Waals surface area contributed by atoms with Crippen LogP contribution in [0.1, 0.15) is 18.6 Å². The Balaban J connectivity index is 3.20. The van der Waals surface area contributed by atoms with Gasteiger partial charge in [0, 0.05) is 12.5 Å². The highest BCUT2D eigenvalue weighted by Crippen LogP contribution is 2.29. The van der Waals surface area contributed by atoms with Crippen molar-refractivity contribution >= 4 is 11.9 Å². The van der Waals surface area contributed by atoms with Crippen LogP contribution in [-0.4, -0.2) is 26.2 Å². The number of benzene rings is 1. The molecule has 0 aromatic heterocycles. The van der Waals surface area contributed by atoms with Crippen LogP contribution >= 0.6 is 0 Å². The molecule has 0 fully saturated rings. The van der Waals surface area contributed by atoms with Crippen LogP contribution in [0.4, 0.5) is 4.39 Å². The van der Waals surface area contributed by atoms with Gasteiger partial charge in [-0.1, -0.05) is 12.6 Å². The fourth-order valence-electron chi connectivity index (χ4n) is 1.58. The quantitative estimate of drug-likeness (QED) is 0.612. The van der Waals surface area contributed by atoms with Crippen LogP contribution in [0.3, 0.4) is 0 Å². The summed E-state index contributed by atoms with van der Waals surface area (Å²) in [6.07, 6.45) is -1.06. The van der Waals surface area contributed by atoms with Crippen molar-refractivity contribution in [3.63, 3.8) is 0 Å². The molecule has 1 rings (SSSR count). The molecule has 0 spiro atoms. The van der Waals surface area contributed by atoms with Gasteiger partial charge in [0.1, 0.15) is 0 Å². The first-order valence-corrected chi connectivity index (χ1v) is 5.68. The summed E-state index contributed by atoms with van der Waals surface area (Å²) in [7, 11) is 2.49. The molecular formula is C14H15FO5. The van der Waals surface area contributed by atoms with Crippen molar-refractivity contribution in [2.24, 2.45) is 0 Å². The lowest BCUT2D eigenvalue weighted by Crippen LogP contribution is -2.17. The average molecular weight is 282 g/mol. The predicted octanol–water partition coefficient (Wildman–Crippen LogP) is 2.17. The highest BCUT2D eigenvalue weighted by Gasteiger charge is 2.25. The minimum absolute atomic E-state index is 0.0303. The number of halogens is 1. The van der Waals surface area contributed by atoms with Gasteiger partial charge in [0.15, 0.2) is 17.7 Å². The van der Waals surface area contributed by atoms with Gasteiger partial charge >= 0.3 is 11.9 Å². The predicted molar refractivity (Wildman–Crippen MR) is 68.6 cm³/mol. The van der Waals surface area contributed by atoms with E-state index in [0.29, 0.717) is 5.56 Å². The van der Waals surface area contributed by atoms with Crippen molar-refractivity contribution in [1.82, 2.24) is 0 Å². The Morgan fingerprint density at radius 3 is 2.45 bits per heavy atom. The van der Waals surface area contributed by atoms with Crippen LogP contribution in [0, 0.1) is 5.82 Å². The molecule has 1 aromatic rings. The van der Waals surface area contributed by atoms with E-state index in [1.165, 1.54) is 33.3 Å². The molecule has 108 valence electrons. The van der Waals surface area contributed by atoms with Gasteiger partial charge in [-0.3, -0.25) is 4.79 Å². The van der Waals surface area contributed by atoms with Crippen LogP contribution in [0.2, 0.25) is 0 Å². The van der Waals surface area contributed by atoms with Gasteiger partial charge in [-0.2, -0.15) is 0 Å². The summed E-state index contributed by atoms with van der Waals surface area (Å²) in [6.45, 7) is 4.74. The summed E-state index contributed by atoms with van der Waals surface area (Å²) >= 11 is 0. The Bertz CT molecular complexity index is 538. The van der Waals surface area contributed by atoms with Crippen molar-refractivity contribution in [3.8, 4) is 5.75 Å². The minimum atomic E-state index is -1.06. The molecule has 0 aliphatic heterocycles. The third-order valence-corrected chi connectivity index (χ3v) is 2.53. The molecule has 5 nitrogen and oxygen atoms in total. The lowest BCUT2D eigenvalue weighted by atomic mass is 10.0. The second-order valence-corrected chi connectivity index (χ2v) is 3.90. The molecular weight excluding hydrogens is 267 g/mol. The zero-order valence-electron chi connectivity index (χ0n) is 11.4. The van der Waals surface area contributed by atoms with E-state index in [1.54, 1.807) is 0 Å². The van der Waals surface area contributed by atoms with Crippen molar-refractivity contribution in [2.75, 3.05) is 14.2 Å². The number of esters is 2. The van der Waals surface area contributed by atoms with E-state index < -0.39 is 23.9 Å². The molecule has 0 saturated carbocycles. The van der Waals surface area contributed by atoms with Crippen molar-refractivity contribution in [2.45, 2.75) is 13.0 Å². The maximum atomic E-state index is 13.4. The van der Waals surface area contributed by atoms with Crippen LogP contribution < -0.4 is 4.74 Å². The Kier molecular flexibility index (Phi) is 5.25. The molecule has 1 unspecified atom stereocenters. The highest BCUT2D eigenvalue weighted by atomic mass is 19.1. The summed E-state index contributed by atoms with van der Waals surface area (Å²) in [5.41, 5.74) is 0.283. The largest absolute Gasteiger partial charge is 0.494 e. The van der Waals surface area contributed by atoms with Gasteiger partial charge in [0.2, 0.25) is 0 Å². The molecule has 1 aromatic carbocycles. The second kappa shape index (κ2) is 6.70. The average Bonchev–Trinajstić information content (AvgIpc) is 2.43. The third kappa shape index (κ3) is 3.57. The van der Waals surface area contributed by atoms with Crippen LogP contribution in [0.5, 0.6) is 5.75 Å². The highest BCUT2D eigenvalue weighted by molar-refractivity contribution is 5.89. The molecule has 1 atom stereocenters. The van der Waals surface area contributed by atoms with Gasteiger partial charge < -0.3 is 14.2 Å². The maximum Gasteiger partial charge on any atom is 0.337 e. The van der Waals surface area contributed by atoms with Gasteiger partial charge in [-0.05, 0) is 12.1 Å². The number of ether oxygens (including phenoxy) is 3. The van der Waals surface area contributed by atoms with E-state index in [2.05, 4.69) is 11.3 Å². The Hall–Kier alpha value is -2.37. The van der Waals surface area contributed by atoms with Gasteiger partial charge in [-0.25, -0.2) is 9.18 Å². The van der Waals surface area contributed by atoms with Gasteiger partial charge in [0.25, 0.3) is 0 Å². The lowest BCUT2D eigenvalue weighted by molar-refractivity contribution is -0.147. The molecule has 0 heterocycles. The minimum Gasteiger partial charge on any atom is -0.494 e. The fourth-order valence-corrected chi connectivity index (χ4v) is 1.58. The molecule has 20 heavy (non-hydrogen) atoms. The molecule has 0 aliphatic carbocycles. The number of rotatable bonds is 5. The standard InChI is InChI=1S/C14H15FO5/c1-8(14(17)19-4)13(20-9(2)16)10-5-6-11(15)12(7-10)18-3/h5-7,13H,1H2,2-4H3. The van der Waals surface area contributed by atoms with Crippen LogP contribution in [0.15, 0.2) is 30.4 Å². The van der Waals surface area contributed by atoms with E-state index >= 15 is 0 Å². The van der Waals surface area contributed by atoms with Crippen LogP contribution in [-0.2, 0) is 19.1 Å². The Morgan fingerprint density at radius 1 is 1.30 bits per heavy atom.